The molecule has 11 heteroatoms. The van der Waals surface area contributed by atoms with Crippen molar-refractivity contribution in [3.63, 3.8) is 0 Å². The number of piperidine rings is 1. The van der Waals surface area contributed by atoms with Crippen molar-refractivity contribution in [2.75, 3.05) is 18.0 Å². The van der Waals surface area contributed by atoms with E-state index in [0.29, 0.717) is 55.2 Å². The molecular formula is C31H23F4N5O2. The summed E-state index contributed by atoms with van der Waals surface area (Å²) in [4.78, 5) is 33.9. The Kier molecular flexibility index (Phi) is 6.77. The fourth-order valence-electron chi connectivity index (χ4n) is 5.56. The number of halogens is 4. The Balaban J connectivity index is 1.27. The zero-order chi connectivity index (χ0) is 29.6. The molecule has 1 saturated heterocycles. The smallest absolute Gasteiger partial charge is 0.337 e. The molecule has 1 fully saturated rings. The number of likely N-dealkylation sites (tertiary alicyclic amines) is 1. The maximum atomic E-state index is 14.0. The number of hydrogen-bond donors (Lipinski definition) is 0. The number of anilines is 1. The van der Waals surface area contributed by atoms with Gasteiger partial charge in [0.1, 0.15) is 5.82 Å². The number of nitrogens with zero attached hydrogens (tertiary/aromatic N) is 5. The van der Waals surface area contributed by atoms with Crippen LogP contribution in [-0.2, 0) is 17.4 Å². The van der Waals surface area contributed by atoms with Crippen LogP contribution in [-0.4, -0.2) is 50.6 Å². The van der Waals surface area contributed by atoms with Gasteiger partial charge >= 0.3 is 6.18 Å². The number of carbonyl (C=O) groups is 2. The summed E-state index contributed by atoms with van der Waals surface area (Å²) in [6.07, 6.45) is 5.03. The zero-order valence-corrected chi connectivity index (χ0v) is 22.1. The largest absolute Gasteiger partial charge is 0.419 e. The number of amides is 2. The molecule has 4 heterocycles. The van der Waals surface area contributed by atoms with Gasteiger partial charge in [-0.25, -0.2) is 9.07 Å². The highest BCUT2D eigenvalue weighted by atomic mass is 19.4. The summed E-state index contributed by atoms with van der Waals surface area (Å²) >= 11 is 0. The summed E-state index contributed by atoms with van der Waals surface area (Å²) in [6.45, 7) is 0.697. The van der Waals surface area contributed by atoms with E-state index in [4.69, 9.17) is 6.42 Å². The van der Waals surface area contributed by atoms with Crippen LogP contribution in [0.3, 0.4) is 0 Å². The Hall–Kier alpha value is -4.98. The molecule has 0 N–H and O–H groups in total. The van der Waals surface area contributed by atoms with Crippen molar-refractivity contribution < 1.29 is 27.2 Å². The maximum Gasteiger partial charge on any atom is 0.419 e. The fourth-order valence-corrected chi connectivity index (χ4v) is 5.56. The standard InChI is InChI=1S/C31H23F4N5O2/c1-2-19-5-6-20-15-29(41)39(27(20)14-19)22-9-12-38(13-10-22)30(42)26-17-28(21-4-3-11-36-18-21)40(37-26)23-7-8-25(32)24(16-23)31(33,34)35/h1,3-8,11,14,16-18,22H,9-10,12-13,15H2. The van der Waals surface area contributed by atoms with Crippen molar-refractivity contribution in [3.8, 4) is 29.3 Å². The highest BCUT2D eigenvalue weighted by Crippen LogP contribution is 2.36. The molecule has 2 aromatic carbocycles. The molecule has 0 spiro atoms. The number of hydrogen-bond acceptors (Lipinski definition) is 4. The minimum Gasteiger partial charge on any atom is -0.337 e. The van der Waals surface area contributed by atoms with Gasteiger partial charge in [0.15, 0.2) is 5.69 Å². The highest BCUT2D eigenvalue weighted by Gasteiger charge is 2.37. The van der Waals surface area contributed by atoms with Gasteiger partial charge in [-0.1, -0.05) is 12.0 Å². The van der Waals surface area contributed by atoms with Gasteiger partial charge in [0.05, 0.1) is 23.4 Å². The molecule has 0 saturated carbocycles. The van der Waals surface area contributed by atoms with Crippen molar-refractivity contribution in [3.05, 3.63) is 95.2 Å². The van der Waals surface area contributed by atoms with Crippen molar-refractivity contribution in [2.24, 2.45) is 0 Å². The first-order valence-electron chi connectivity index (χ1n) is 13.2. The molecule has 2 aliphatic heterocycles. The third kappa shape index (κ3) is 4.89. The van der Waals surface area contributed by atoms with E-state index in [9.17, 15) is 27.2 Å². The number of carbonyl (C=O) groups excluding carboxylic acids is 2. The molecule has 2 aliphatic rings. The molecule has 0 radical (unpaired) electrons. The first-order chi connectivity index (χ1) is 20.1. The van der Waals surface area contributed by atoms with Gasteiger partial charge in [0.2, 0.25) is 5.91 Å². The van der Waals surface area contributed by atoms with Crippen LogP contribution < -0.4 is 4.90 Å². The average Bonchev–Trinajstić information content (AvgIpc) is 3.57. The summed E-state index contributed by atoms with van der Waals surface area (Å²) in [5.41, 5.74) is 1.77. The van der Waals surface area contributed by atoms with Crippen molar-refractivity contribution in [1.29, 1.82) is 0 Å². The second-order valence-corrected chi connectivity index (χ2v) is 10.2. The van der Waals surface area contributed by atoms with Gasteiger partial charge in [-0.15, -0.1) is 6.42 Å². The zero-order valence-electron chi connectivity index (χ0n) is 22.1. The lowest BCUT2D eigenvalue weighted by molar-refractivity contribution is -0.140. The average molecular weight is 574 g/mol. The Morgan fingerprint density at radius 3 is 2.52 bits per heavy atom. The molecule has 2 aromatic heterocycles. The predicted molar refractivity (Wildman–Crippen MR) is 146 cm³/mol. The molecule has 0 atom stereocenters. The van der Waals surface area contributed by atoms with E-state index in [1.807, 2.05) is 18.2 Å². The van der Waals surface area contributed by atoms with E-state index < -0.39 is 23.5 Å². The minimum atomic E-state index is -4.91. The lowest BCUT2D eigenvalue weighted by Gasteiger charge is -2.36. The van der Waals surface area contributed by atoms with Gasteiger partial charge in [0, 0.05) is 48.3 Å². The van der Waals surface area contributed by atoms with Crippen LogP contribution in [0.1, 0.15) is 40.0 Å². The van der Waals surface area contributed by atoms with Crippen molar-refractivity contribution in [2.45, 2.75) is 31.5 Å². The second kappa shape index (κ2) is 10.4. The van der Waals surface area contributed by atoms with Crippen LogP contribution >= 0.6 is 0 Å². The normalized spacial score (nSPS) is 15.5. The molecule has 212 valence electrons. The maximum absolute atomic E-state index is 14.0. The van der Waals surface area contributed by atoms with E-state index >= 15 is 0 Å². The third-order valence-electron chi connectivity index (χ3n) is 7.62. The summed E-state index contributed by atoms with van der Waals surface area (Å²) in [7, 11) is 0. The molecule has 0 unspecified atom stereocenters. The lowest BCUT2D eigenvalue weighted by atomic mass is 10.0. The number of terminal acetylenes is 1. The molecule has 2 amide bonds. The van der Waals surface area contributed by atoms with Gasteiger partial charge in [-0.05, 0) is 66.9 Å². The summed E-state index contributed by atoms with van der Waals surface area (Å²) in [5.74, 6) is 0.776. The molecular weight excluding hydrogens is 550 g/mol. The molecule has 0 aliphatic carbocycles. The Bertz CT molecular complexity index is 1730. The predicted octanol–water partition coefficient (Wildman–Crippen LogP) is 5.27. The van der Waals surface area contributed by atoms with Crippen LogP contribution in [0.15, 0.2) is 67.0 Å². The number of pyridine rings is 1. The number of aromatic nitrogens is 3. The van der Waals surface area contributed by atoms with E-state index in [-0.39, 0.29) is 23.3 Å². The Morgan fingerprint density at radius 2 is 1.83 bits per heavy atom. The number of fused-ring (bicyclic) bond motifs is 1. The van der Waals surface area contributed by atoms with E-state index in [1.54, 1.807) is 21.9 Å². The molecule has 7 nitrogen and oxygen atoms in total. The van der Waals surface area contributed by atoms with Crippen molar-refractivity contribution >= 4 is 17.5 Å². The molecule has 4 aromatic rings. The van der Waals surface area contributed by atoms with Crippen LogP contribution in [0.5, 0.6) is 0 Å². The Morgan fingerprint density at radius 1 is 1.05 bits per heavy atom. The molecule has 0 bridgehead atoms. The topological polar surface area (TPSA) is 71.3 Å². The van der Waals surface area contributed by atoms with Crippen LogP contribution in [0, 0.1) is 18.2 Å². The summed E-state index contributed by atoms with van der Waals surface area (Å²) in [5, 5.41) is 4.37. The molecule has 42 heavy (non-hydrogen) atoms. The SMILES string of the molecule is C#Cc1ccc2c(c1)N(C1CCN(C(=O)c3cc(-c4cccnc4)n(-c4ccc(F)c(C(F)(F)F)c4)n3)CC1)C(=O)C2. The monoisotopic (exact) mass is 573 g/mol. The van der Waals surface area contributed by atoms with E-state index in [0.717, 1.165) is 17.3 Å². The quantitative estimate of drug-likeness (QED) is 0.247. The minimum absolute atomic E-state index is 0.0127. The number of rotatable bonds is 4. The van der Waals surface area contributed by atoms with Crippen molar-refractivity contribution in [1.82, 2.24) is 19.7 Å². The van der Waals surface area contributed by atoms with Gasteiger partial charge < -0.3 is 9.80 Å². The second-order valence-electron chi connectivity index (χ2n) is 10.2. The highest BCUT2D eigenvalue weighted by molar-refractivity contribution is 6.02. The summed E-state index contributed by atoms with van der Waals surface area (Å²) < 4.78 is 55.6. The van der Waals surface area contributed by atoms with Gasteiger partial charge in [-0.2, -0.15) is 18.3 Å². The molecule has 6 rings (SSSR count). The number of benzene rings is 2. The first-order valence-corrected chi connectivity index (χ1v) is 13.2. The summed E-state index contributed by atoms with van der Waals surface area (Å²) in [6, 6.07) is 12.8. The van der Waals surface area contributed by atoms with Gasteiger partial charge in [0.25, 0.3) is 5.91 Å². The Labute approximate surface area is 238 Å². The number of alkyl halides is 3. The van der Waals surface area contributed by atoms with Crippen LogP contribution in [0.4, 0.5) is 23.2 Å². The van der Waals surface area contributed by atoms with Gasteiger partial charge in [-0.3, -0.25) is 14.6 Å². The third-order valence-corrected chi connectivity index (χ3v) is 7.62. The van der Waals surface area contributed by atoms with Crippen LogP contribution in [0.2, 0.25) is 0 Å². The first kappa shape index (κ1) is 27.2. The lowest BCUT2D eigenvalue weighted by Crippen LogP contribution is -2.48. The van der Waals surface area contributed by atoms with Crippen LogP contribution in [0.25, 0.3) is 16.9 Å². The fraction of sp³-hybridized carbons (Fsp3) is 0.226. The van der Waals surface area contributed by atoms with E-state index in [2.05, 4.69) is 16.0 Å². The van der Waals surface area contributed by atoms with E-state index in [1.165, 1.54) is 29.2 Å².